The van der Waals surface area contributed by atoms with Gasteiger partial charge in [-0.3, -0.25) is 0 Å². The molecule has 0 aliphatic rings. The number of aromatic hydroxyl groups is 2. The second kappa shape index (κ2) is 6.52. The summed E-state index contributed by atoms with van der Waals surface area (Å²) in [4.78, 5) is 15.3. The Morgan fingerprint density at radius 1 is 1.47 bits per heavy atom. The quantitative estimate of drug-likeness (QED) is 0.354. The molecule has 17 heavy (non-hydrogen) atoms. The number of benzene rings is 1. The first-order valence-corrected chi connectivity index (χ1v) is 5.25. The second-order valence-electron chi connectivity index (χ2n) is 3.42. The monoisotopic (exact) mass is 237 g/mol. The lowest BCUT2D eigenvalue weighted by Gasteiger charge is -2.05. The molecule has 0 atom stereocenters. The molecule has 1 aromatic rings. The predicted molar refractivity (Wildman–Crippen MR) is 63.7 cm³/mol. The molecule has 0 radical (unpaired) electrons. The van der Waals surface area contributed by atoms with E-state index in [0.717, 1.165) is 6.42 Å². The second-order valence-corrected chi connectivity index (χ2v) is 3.42. The lowest BCUT2D eigenvalue weighted by molar-refractivity contribution is 0.0499. The number of carbonyl (C=O) groups excluding carboxylic acids is 1. The number of carbonyl (C=O) groups is 1. The molecule has 0 aliphatic heterocycles. The Hall–Kier alpha value is -2.04. The van der Waals surface area contributed by atoms with E-state index in [1.54, 1.807) is 13.3 Å². The van der Waals surface area contributed by atoms with Gasteiger partial charge in [0.15, 0.2) is 0 Å². The summed E-state index contributed by atoms with van der Waals surface area (Å²) >= 11 is 0. The third-order valence-electron chi connectivity index (χ3n) is 2.09. The van der Waals surface area contributed by atoms with Crippen LogP contribution in [0.4, 0.5) is 0 Å². The number of hydrogen-bond acceptors (Lipinski definition) is 5. The summed E-state index contributed by atoms with van der Waals surface area (Å²) in [7, 11) is 1.68. The summed E-state index contributed by atoms with van der Waals surface area (Å²) in [5.41, 5.74) is -0.0332. The highest BCUT2D eigenvalue weighted by Gasteiger charge is 2.12. The summed E-state index contributed by atoms with van der Waals surface area (Å²) in [5, 5.41) is 18.6. The van der Waals surface area contributed by atoms with Crippen LogP contribution < -0.4 is 0 Å². The van der Waals surface area contributed by atoms with E-state index in [1.807, 2.05) is 0 Å². The minimum atomic E-state index is -0.646. The van der Waals surface area contributed by atoms with E-state index in [1.165, 1.54) is 18.2 Å². The topological polar surface area (TPSA) is 79.1 Å². The van der Waals surface area contributed by atoms with Gasteiger partial charge >= 0.3 is 5.97 Å². The van der Waals surface area contributed by atoms with Crippen LogP contribution in [0, 0.1) is 0 Å². The third kappa shape index (κ3) is 4.14. The van der Waals surface area contributed by atoms with Crippen LogP contribution in [0.5, 0.6) is 11.5 Å². The summed E-state index contributed by atoms with van der Waals surface area (Å²) in [6, 6.07) is 3.71. The van der Waals surface area contributed by atoms with Crippen molar-refractivity contribution in [2.24, 2.45) is 4.99 Å². The van der Waals surface area contributed by atoms with E-state index in [4.69, 9.17) is 4.74 Å². The minimum Gasteiger partial charge on any atom is -0.508 e. The molecular weight excluding hydrogens is 222 g/mol. The maximum Gasteiger partial charge on any atom is 0.342 e. The normalized spacial score (nSPS) is 10.6. The molecule has 0 bridgehead atoms. The van der Waals surface area contributed by atoms with Crippen molar-refractivity contribution in [3.63, 3.8) is 0 Å². The lowest BCUT2D eigenvalue weighted by atomic mass is 10.2. The van der Waals surface area contributed by atoms with Gasteiger partial charge in [0, 0.05) is 7.05 Å². The Morgan fingerprint density at radius 3 is 2.94 bits per heavy atom. The molecule has 0 amide bonds. The Bertz CT molecular complexity index is 415. The van der Waals surface area contributed by atoms with Gasteiger partial charge in [-0.2, -0.15) is 0 Å². The largest absolute Gasteiger partial charge is 0.508 e. The van der Waals surface area contributed by atoms with E-state index in [-0.39, 0.29) is 23.7 Å². The average Bonchev–Trinajstić information content (AvgIpc) is 2.32. The summed E-state index contributed by atoms with van der Waals surface area (Å²) in [6.07, 6.45) is 3.14. The molecule has 0 fully saturated rings. The molecule has 92 valence electrons. The number of aliphatic imine (C=N–C) groups is 1. The smallest absolute Gasteiger partial charge is 0.342 e. The summed E-state index contributed by atoms with van der Waals surface area (Å²) < 4.78 is 4.94. The van der Waals surface area contributed by atoms with Gasteiger partial charge in [0.25, 0.3) is 0 Å². The van der Waals surface area contributed by atoms with E-state index in [2.05, 4.69) is 4.99 Å². The van der Waals surface area contributed by atoms with Gasteiger partial charge in [-0.1, -0.05) is 0 Å². The van der Waals surface area contributed by atoms with Crippen molar-refractivity contribution in [3.8, 4) is 11.5 Å². The average molecular weight is 237 g/mol. The van der Waals surface area contributed by atoms with Crippen LogP contribution in [0.2, 0.25) is 0 Å². The Balaban J connectivity index is 2.49. The Morgan fingerprint density at radius 2 is 2.24 bits per heavy atom. The van der Waals surface area contributed by atoms with Gasteiger partial charge in [-0.05, 0) is 37.3 Å². The fourth-order valence-corrected chi connectivity index (χ4v) is 1.23. The van der Waals surface area contributed by atoms with Crippen LogP contribution in [-0.4, -0.2) is 36.1 Å². The molecule has 1 aromatic carbocycles. The number of ether oxygens (including phenoxy) is 1. The van der Waals surface area contributed by atoms with Crippen molar-refractivity contribution in [2.45, 2.75) is 12.8 Å². The van der Waals surface area contributed by atoms with Gasteiger partial charge in [0.2, 0.25) is 0 Å². The number of phenols is 2. The predicted octanol–water partition coefficient (Wildman–Crippen LogP) is 1.74. The number of nitrogens with zero attached hydrogens (tertiary/aromatic N) is 1. The van der Waals surface area contributed by atoms with E-state index in [9.17, 15) is 15.0 Å². The van der Waals surface area contributed by atoms with Crippen molar-refractivity contribution < 1.29 is 19.7 Å². The SMILES string of the molecule is CN=CCCCOC(=O)c1cc(O)ccc1O. The number of hydrogen-bond donors (Lipinski definition) is 2. The van der Waals surface area contributed by atoms with Crippen molar-refractivity contribution in [1.29, 1.82) is 0 Å². The van der Waals surface area contributed by atoms with Crippen molar-refractivity contribution in [3.05, 3.63) is 23.8 Å². The van der Waals surface area contributed by atoms with E-state index in [0.29, 0.717) is 6.42 Å². The molecular formula is C12H15NO4. The molecule has 0 aliphatic carbocycles. The number of esters is 1. The zero-order chi connectivity index (χ0) is 12.7. The van der Waals surface area contributed by atoms with Crippen LogP contribution in [0.25, 0.3) is 0 Å². The van der Waals surface area contributed by atoms with Gasteiger partial charge in [0.05, 0.1) is 6.61 Å². The fourth-order valence-electron chi connectivity index (χ4n) is 1.23. The number of unbranched alkanes of at least 4 members (excludes halogenated alkanes) is 1. The lowest BCUT2D eigenvalue weighted by Crippen LogP contribution is -2.06. The van der Waals surface area contributed by atoms with Crippen LogP contribution in [0.3, 0.4) is 0 Å². The summed E-state index contributed by atoms with van der Waals surface area (Å²) in [6.45, 7) is 0.250. The van der Waals surface area contributed by atoms with Crippen LogP contribution in [0.15, 0.2) is 23.2 Å². The number of rotatable bonds is 5. The van der Waals surface area contributed by atoms with Crippen LogP contribution in [-0.2, 0) is 4.74 Å². The standard InChI is InChI=1S/C12H15NO4/c1-13-6-2-3-7-17-12(16)10-8-9(14)4-5-11(10)15/h4-6,8,14-15H,2-3,7H2,1H3. The molecule has 1 rings (SSSR count). The molecule has 0 unspecified atom stereocenters. The maximum absolute atomic E-state index is 11.5. The molecule has 0 heterocycles. The molecule has 5 nitrogen and oxygen atoms in total. The Kier molecular flexibility index (Phi) is 5.00. The molecule has 0 spiro atoms. The van der Waals surface area contributed by atoms with Crippen molar-refractivity contribution >= 4 is 12.2 Å². The third-order valence-corrected chi connectivity index (χ3v) is 2.09. The van der Waals surface area contributed by atoms with Crippen molar-refractivity contribution in [1.82, 2.24) is 0 Å². The molecule has 5 heteroatoms. The minimum absolute atomic E-state index is 0.0332. The highest BCUT2D eigenvalue weighted by molar-refractivity contribution is 5.92. The molecule has 0 aromatic heterocycles. The summed E-state index contributed by atoms with van der Waals surface area (Å²) in [5.74, 6) is -0.942. The zero-order valence-electron chi connectivity index (χ0n) is 9.59. The first kappa shape index (κ1) is 13.0. The van der Waals surface area contributed by atoms with E-state index >= 15 is 0 Å². The fraction of sp³-hybridized carbons (Fsp3) is 0.333. The number of phenolic OH excluding ortho intramolecular Hbond substituents is 2. The first-order chi connectivity index (χ1) is 8.15. The van der Waals surface area contributed by atoms with Crippen LogP contribution in [0.1, 0.15) is 23.2 Å². The highest BCUT2D eigenvalue weighted by Crippen LogP contribution is 2.22. The van der Waals surface area contributed by atoms with Gasteiger partial charge < -0.3 is 19.9 Å². The molecule has 0 saturated heterocycles. The van der Waals surface area contributed by atoms with Crippen LogP contribution >= 0.6 is 0 Å². The highest BCUT2D eigenvalue weighted by atomic mass is 16.5. The van der Waals surface area contributed by atoms with Gasteiger partial charge in [0.1, 0.15) is 17.1 Å². The van der Waals surface area contributed by atoms with Gasteiger partial charge in [-0.15, -0.1) is 0 Å². The molecule has 2 N–H and O–H groups in total. The maximum atomic E-state index is 11.5. The van der Waals surface area contributed by atoms with Crippen molar-refractivity contribution in [2.75, 3.05) is 13.7 Å². The first-order valence-electron chi connectivity index (χ1n) is 5.25. The Labute approximate surface area is 99.4 Å². The molecule has 0 saturated carbocycles. The van der Waals surface area contributed by atoms with E-state index < -0.39 is 5.97 Å². The van der Waals surface area contributed by atoms with Gasteiger partial charge in [-0.25, -0.2) is 4.79 Å². The zero-order valence-corrected chi connectivity index (χ0v) is 9.59.